The summed E-state index contributed by atoms with van der Waals surface area (Å²) in [4.78, 5) is 12.3. The second-order valence-electron chi connectivity index (χ2n) is 4.33. The summed E-state index contributed by atoms with van der Waals surface area (Å²) in [5.41, 5.74) is 2.18. The van der Waals surface area contributed by atoms with Crippen LogP contribution in [0.5, 0.6) is 0 Å². The van der Waals surface area contributed by atoms with Gasteiger partial charge in [-0.2, -0.15) is 0 Å². The standard InChI is InChI=1S/C15H12BrClFNO/c1-9-4-2-3-5-14(9)19-15(20)11-7-12(16)13(17)6-10(11)8-18/h2-7H,8H2,1H3,(H,19,20). The number of hydrogen-bond acceptors (Lipinski definition) is 1. The van der Waals surface area contributed by atoms with Gasteiger partial charge < -0.3 is 5.32 Å². The summed E-state index contributed by atoms with van der Waals surface area (Å²) < 4.78 is 13.6. The Morgan fingerprint density at radius 2 is 2.05 bits per heavy atom. The van der Waals surface area contributed by atoms with E-state index in [0.717, 1.165) is 5.56 Å². The molecule has 0 spiro atoms. The highest BCUT2D eigenvalue weighted by molar-refractivity contribution is 9.10. The molecule has 0 aliphatic heterocycles. The lowest BCUT2D eigenvalue weighted by Crippen LogP contribution is -2.15. The summed E-state index contributed by atoms with van der Waals surface area (Å²) in [6.07, 6.45) is 0. The third-order valence-corrected chi connectivity index (χ3v) is 4.13. The number of para-hydroxylation sites is 1. The maximum atomic E-state index is 13.0. The van der Waals surface area contributed by atoms with Gasteiger partial charge in [-0.25, -0.2) is 4.39 Å². The van der Waals surface area contributed by atoms with Crippen molar-refractivity contribution >= 4 is 39.1 Å². The zero-order valence-corrected chi connectivity index (χ0v) is 13.1. The van der Waals surface area contributed by atoms with E-state index < -0.39 is 6.67 Å². The Balaban J connectivity index is 2.34. The van der Waals surface area contributed by atoms with Gasteiger partial charge in [0.1, 0.15) is 6.67 Å². The molecule has 1 N–H and O–H groups in total. The molecule has 2 rings (SSSR count). The van der Waals surface area contributed by atoms with E-state index in [4.69, 9.17) is 11.6 Å². The number of rotatable bonds is 3. The van der Waals surface area contributed by atoms with Crippen molar-refractivity contribution in [3.8, 4) is 0 Å². The predicted molar refractivity (Wildman–Crippen MR) is 83.1 cm³/mol. The molecule has 0 unspecified atom stereocenters. The molecule has 20 heavy (non-hydrogen) atoms. The van der Waals surface area contributed by atoms with E-state index >= 15 is 0 Å². The Labute approximate surface area is 130 Å². The third-order valence-electron chi connectivity index (χ3n) is 2.93. The molecule has 2 nitrogen and oxygen atoms in total. The van der Waals surface area contributed by atoms with E-state index in [0.29, 0.717) is 15.2 Å². The number of benzene rings is 2. The molecule has 0 aliphatic rings. The monoisotopic (exact) mass is 355 g/mol. The van der Waals surface area contributed by atoms with E-state index in [1.54, 1.807) is 6.07 Å². The molecule has 5 heteroatoms. The molecule has 2 aromatic rings. The quantitative estimate of drug-likeness (QED) is 0.811. The van der Waals surface area contributed by atoms with Gasteiger partial charge in [0.2, 0.25) is 0 Å². The van der Waals surface area contributed by atoms with Crippen LogP contribution < -0.4 is 5.32 Å². The van der Waals surface area contributed by atoms with Gasteiger partial charge in [0, 0.05) is 15.7 Å². The largest absolute Gasteiger partial charge is 0.322 e. The van der Waals surface area contributed by atoms with Crippen LogP contribution >= 0.6 is 27.5 Å². The van der Waals surface area contributed by atoms with E-state index in [2.05, 4.69) is 21.2 Å². The van der Waals surface area contributed by atoms with E-state index in [1.807, 2.05) is 25.1 Å². The molecule has 0 radical (unpaired) electrons. The Morgan fingerprint density at radius 1 is 1.35 bits per heavy atom. The number of halogens is 3. The predicted octanol–water partition coefficient (Wildman–Crippen LogP) is 5.13. The minimum Gasteiger partial charge on any atom is -0.322 e. The number of nitrogens with one attached hydrogen (secondary N) is 1. The third kappa shape index (κ3) is 3.19. The summed E-state index contributed by atoms with van der Waals surface area (Å²) in [6, 6.07) is 10.4. The second-order valence-corrected chi connectivity index (χ2v) is 5.59. The van der Waals surface area contributed by atoms with Gasteiger partial charge in [-0.1, -0.05) is 29.8 Å². The van der Waals surface area contributed by atoms with Crippen LogP contribution in [0.15, 0.2) is 40.9 Å². The summed E-state index contributed by atoms with van der Waals surface area (Å²) in [7, 11) is 0. The van der Waals surface area contributed by atoms with Gasteiger partial charge in [0.05, 0.1) is 5.02 Å². The number of hydrogen-bond donors (Lipinski definition) is 1. The maximum Gasteiger partial charge on any atom is 0.256 e. The molecule has 1 amide bonds. The Morgan fingerprint density at radius 3 is 2.70 bits per heavy atom. The van der Waals surface area contributed by atoms with Crippen LogP contribution in [0.1, 0.15) is 21.5 Å². The smallest absolute Gasteiger partial charge is 0.256 e. The van der Waals surface area contributed by atoms with E-state index in [1.165, 1.54) is 12.1 Å². The first-order valence-corrected chi connectivity index (χ1v) is 7.11. The Bertz CT molecular complexity index is 660. The van der Waals surface area contributed by atoms with Crippen molar-refractivity contribution in [2.45, 2.75) is 13.6 Å². The topological polar surface area (TPSA) is 29.1 Å². The molecule has 0 aromatic heterocycles. The summed E-state index contributed by atoms with van der Waals surface area (Å²) >= 11 is 9.15. The fourth-order valence-corrected chi connectivity index (χ4v) is 2.34. The number of anilines is 1. The lowest BCUT2D eigenvalue weighted by atomic mass is 10.1. The zero-order valence-electron chi connectivity index (χ0n) is 10.7. The average molecular weight is 357 g/mol. The van der Waals surface area contributed by atoms with Crippen molar-refractivity contribution in [2.75, 3.05) is 5.32 Å². The number of amides is 1. The van der Waals surface area contributed by atoms with Gasteiger partial charge >= 0.3 is 0 Å². The number of carbonyl (C=O) groups is 1. The van der Waals surface area contributed by atoms with Gasteiger partial charge in [-0.05, 0) is 52.2 Å². The van der Waals surface area contributed by atoms with Crippen LogP contribution in [0, 0.1) is 6.92 Å². The fourth-order valence-electron chi connectivity index (χ4n) is 1.81. The van der Waals surface area contributed by atoms with Crippen molar-refractivity contribution in [3.63, 3.8) is 0 Å². The molecule has 0 fully saturated rings. The van der Waals surface area contributed by atoms with Gasteiger partial charge in [-0.3, -0.25) is 4.79 Å². The molecule has 0 bridgehead atoms. The van der Waals surface area contributed by atoms with Crippen molar-refractivity contribution in [1.82, 2.24) is 0 Å². The highest BCUT2D eigenvalue weighted by Gasteiger charge is 2.15. The first kappa shape index (κ1) is 15.0. The normalized spacial score (nSPS) is 10.4. The highest BCUT2D eigenvalue weighted by atomic mass is 79.9. The molecule has 0 heterocycles. The summed E-state index contributed by atoms with van der Waals surface area (Å²) in [6.45, 7) is 1.15. The molecule has 0 aliphatic carbocycles. The molecule has 0 atom stereocenters. The number of carbonyl (C=O) groups excluding carboxylic acids is 1. The molecule has 0 saturated carbocycles. The van der Waals surface area contributed by atoms with Crippen LogP contribution in [0.4, 0.5) is 10.1 Å². The fraction of sp³-hybridized carbons (Fsp3) is 0.133. The van der Waals surface area contributed by atoms with E-state index in [9.17, 15) is 9.18 Å². The molecular weight excluding hydrogens is 345 g/mol. The average Bonchev–Trinajstić information content (AvgIpc) is 2.43. The van der Waals surface area contributed by atoms with Crippen molar-refractivity contribution in [3.05, 3.63) is 62.6 Å². The molecule has 0 saturated heterocycles. The first-order valence-electron chi connectivity index (χ1n) is 5.93. The van der Waals surface area contributed by atoms with Gasteiger partial charge in [-0.15, -0.1) is 0 Å². The summed E-state index contributed by atoms with van der Waals surface area (Å²) in [5, 5.41) is 3.16. The van der Waals surface area contributed by atoms with Crippen molar-refractivity contribution in [2.24, 2.45) is 0 Å². The number of alkyl halides is 1. The first-order chi connectivity index (χ1) is 9.52. The van der Waals surface area contributed by atoms with Crippen molar-refractivity contribution < 1.29 is 9.18 Å². The van der Waals surface area contributed by atoms with Crippen LogP contribution in [0.25, 0.3) is 0 Å². The van der Waals surface area contributed by atoms with Gasteiger partial charge in [0.25, 0.3) is 5.91 Å². The summed E-state index contributed by atoms with van der Waals surface area (Å²) in [5.74, 6) is -0.357. The maximum absolute atomic E-state index is 13.0. The lowest BCUT2D eigenvalue weighted by molar-refractivity contribution is 0.102. The van der Waals surface area contributed by atoms with Crippen LogP contribution in [-0.4, -0.2) is 5.91 Å². The van der Waals surface area contributed by atoms with Crippen molar-refractivity contribution in [1.29, 1.82) is 0 Å². The molecule has 104 valence electrons. The van der Waals surface area contributed by atoms with Crippen LogP contribution in [0.3, 0.4) is 0 Å². The van der Waals surface area contributed by atoms with E-state index in [-0.39, 0.29) is 17.0 Å². The number of aryl methyl sites for hydroxylation is 1. The Kier molecular flexibility index (Phi) is 4.78. The van der Waals surface area contributed by atoms with Crippen LogP contribution in [-0.2, 0) is 6.67 Å². The SMILES string of the molecule is Cc1ccccc1NC(=O)c1cc(Br)c(Cl)cc1CF. The second kappa shape index (κ2) is 6.37. The minimum absolute atomic E-state index is 0.268. The lowest BCUT2D eigenvalue weighted by Gasteiger charge is -2.11. The highest BCUT2D eigenvalue weighted by Crippen LogP contribution is 2.28. The Hall–Kier alpha value is -1.39. The van der Waals surface area contributed by atoms with Gasteiger partial charge in [0.15, 0.2) is 0 Å². The zero-order chi connectivity index (χ0) is 14.7. The molecular formula is C15H12BrClFNO. The minimum atomic E-state index is -0.747. The van der Waals surface area contributed by atoms with Crippen LogP contribution in [0.2, 0.25) is 5.02 Å². The molecule has 2 aromatic carbocycles.